The largest absolute Gasteiger partial charge is 0.478 e. The minimum Gasteiger partial charge on any atom is -0.478 e. The standard InChI is InChI=1S/C10H16O4.C4H9N/c1-2-3-4-5-8-14-10(13)7-6-9(11)12;1-2-4-5-3-1/h6-7H,2-5,8H2,1H3,(H,11,12);5H,1-4H2/b7-6-;. The van der Waals surface area contributed by atoms with Crippen LogP contribution in [0.2, 0.25) is 0 Å². The molecule has 0 aromatic rings. The van der Waals surface area contributed by atoms with Crippen molar-refractivity contribution in [1.82, 2.24) is 5.32 Å². The Bertz CT molecular complexity index is 265. The maximum atomic E-state index is 10.8. The zero-order valence-electron chi connectivity index (χ0n) is 11.7. The quantitative estimate of drug-likeness (QED) is 0.421. The fourth-order valence-electron chi connectivity index (χ4n) is 1.51. The Morgan fingerprint density at radius 3 is 2.32 bits per heavy atom. The van der Waals surface area contributed by atoms with Crippen molar-refractivity contribution >= 4 is 11.9 Å². The van der Waals surface area contributed by atoms with E-state index in [9.17, 15) is 9.59 Å². The number of esters is 1. The lowest BCUT2D eigenvalue weighted by Gasteiger charge is -2.00. The van der Waals surface area contributed by atoms with E-state index in [0.717, 1.165) is 37.8 Å². The van der Waals surface area contributed by atoms with Gasteiger partial charge in [-0.25, -0.2) is 9.59 Å². The number of carboxylic acid groups (broad SMARTS) is 1. The molecule has 1 rings (SSSR count). The highest BCUT2D eigenvalue weighted by molar-refractivity contribution is 5.90. The molecule has 0 saturated carbocycles. The summed E-state index contributed by atoms with van der Waals surface area (Å²) in [6, 6.07) is 0. The second-order valence-corrected chi connectivity index (χ2v) is 4.36. The van der Waals surface area contributed by atoms with Gasteiger partial charge in [-0.15, -0.1) is 0 Å². The third-order valence-electron chi connectivity index (χ3n) is 2.56. The van der Waals surface area contributed by atoms with E-state index >= 15 is 0 Å². The molecule has 5 heteroatoms. The van der Waals surface area contributed by atoms with Crippen molar-refractivity contribution in [2.24, 2.45) is 0 Å². The highest BCUT2D eigenvalue weighted by Crippen LogP contribution is 1.99. The molecule has 0 amide bonds. The van der Waals surface area contributed by atoms with Gasteiger partial charge < -0.3 is 15.2 Å². The third-order valence-corrected chi connectivity index (χ3v) is 2.56. The lowest BCUT2D eigenvalue weighted by Crippen LogP contribution is -2.03. The van der Waals surface area contributed by atoms with Crippen molar-refractivity contribution in [3.63, 3.8) is 0 Å². The van der Waals surface area contributed by atoms with Crippen LogP contribution in [0.4, 0.5) is 0 Å². The third kappa shape index (κ3) is 14.6. The van der Waals surface area contributed by atoms with Crippen LogP contribution in [-0.2, 0) is 14.3 Å². The van der Waals surface area contributed by atoms with Crippen LogP contribution in [0.25, 0.3) is 0 Å². The molecule has 0 aliphatic carbocycles. The predicted octanol–water partition coefficient (Wildman–Crippen LogP) is 2.12. The first-order chi connectivity index (χ1) is 9.16. The molecule has 0 radical (unpaired) electrons. The molecule has 5 nitrogen and oxygen atoms in total. The summed E-state index contributed by atoms with van der Waals surface area (Å²) in [4.78, 5) is 20.8. The fourth-order valence-corrected chi connectivity index (χ4v) is 1.51. The summed E-state index contributed by atoms with van der Waals surface area (Å²) in [5, 5.41) is 11.4. The molecular weight excluding hydrogens is 246 g/mol. The SMILES string of the molecule is C1CCNC1.CCCCCCOC(=O)/C=C\C(=O)O. The predicted molar refractivity (Wildman–Crippen MR) is 74.0 cm³/mol. The Balaban J connectivity index is 0.000000532. The van der Waals surface area contributed by atoms with E-state index in [1.807, 2.05) is 0 Å². The summed E-state index contributed by atoms with van der Waals surface area (Å²) in [5.74, 6) is -1.74. The molecule has 1 saturated heterocycles. The minimum absolute atomic E-state index is 0.364. The highest BCUT2D eigenvalue weighted by atomic mass is 16.5. The summed E-state index contributed by atoms with van der Waals surface area (Å²) < 4.78 is 4.75. The van der Waals surface area contributed by atoms with Gasteiger partial charge in [0.25, 0.3) is 0 Å². The van der Waals surface area contributed by atoms with E-state index in [-0.39, 0.29) is 0 Å². The van der Waals surface area contributed by atoms with Crippen LogP contribution >= 0.6 is 0 Å². The van der Waals surface area contributed by atoms with Crippen molar-refractivity contribution in [1.29, 1.82) is 0 Å². The molecule has 0 aromatic carbocycles. The van der Waals surface area contributed by atoms with Gasteiger partial charge >= 0.3 is 11.9 Å². The summed E-state index contributed by atoms with van der Waals surface area (Å²) in [6.45, 7) is 4.96. The van der Waals surface area contributed by atoms with Crippen LogP contribution in [-0.4, -0.2) is 36.7 Å². The van der Waals surface area contributed by atoms with E-state index < -0.39 is 11.9 Å². The smallest absolute Gasteiger partial charge is 0.331 e. The van der Waals surface area contributed by atoms with Crippen LogP contribution < -0.4 is 5.32 Å². The van der Waals surface area contributed by atoms with Crippen molar-refractivity contribution in [3.8, 4) is 0 Å². The number of ether oxygens (including phenoxy) is 1. The molecule has 0 spiro atoms. The van der Waals surface area contributed by atoms with E-state index in [1.54, 1.807) is 0 Å². The zero-order chi connectivity index (χ0) is 14.3. The zero-order valence-corrected chi connectivity index (χ0v) is 11.7. The summed E-state index contributed by atoms with van der Waals surface area (Å²) in [6.07, 6.45) is 8.60. The second kappa shape index (κ2) is 13.1. The molecule has 19 heavy (non-hydrogen) atoms. The molecular formula is C14H25NO4. The van der Waals surface area contributed by atoms with E-state index in [4.69, 9.17) is 9.84 Å². The average molecular weight is 271 g/mol. The monoisotopic (exact) mass is 271 g/mol. The Hall–Kier alpha value is -1.36. The number of rotatable bonds is 7. The summed E-state index contributed by atoms with van der Waals surface area (Å²) in [5.41, 5.74) is 0. The van der Waals surface area contributed by atoms with Gasteiger partial charge in [0.05, 0.1) is 6.61 Å². The molecule has 2 N–H and O–H groups in total. The molecule has 0 bridgehead atoms. The molecule has 1 aliphatic heterocycles. The maximum absolute atomic E-state index is 10.8. The van der Waals surface area contributed by atoms with Crippen LogP contribution in [0, 0.1) is 0 Å². The number of nitrogens with one attached hydrogen (secondary N) is 1. The number of hydrogen-bond acceptors (Lipinski definition) is 4. The molecule has 1 heterocycles. The van der Waals surface area contributed by atoms with Crippen LogP contribution in [0.5, 0.6) is 0 Å². The Morgan fingerprint density at radius 2 is 1.84 bits per heavy atom. The van der Waals surface area contributed by atoms with E-state index in [0.29, 0.717) is 6.61 Å². The molecule has 0 atom stereocenters. The van der Waals surface area contributed by atoms with Crippen molar-refractivity contribution in [2.45, 2.75) is 45.4 Å². The highest BCUT2D eigenvalue weighted by Gasteiger charge is 1.97. The molecule has 1 aliphatic rings. The Kier molecular flexibility index (Phi) is 12.1. The number of hydrogen-bond donors (Lipinski definition) is 2. The van der Waals surface area contributed by atoms with Gasteiger partial charge in [0.15, 0.2) is 0 Å². The summed E-state index contributed by atoms with van der Waals surface area (Å²) in [7, 11) is 0. The van der Waals surface area contributed by atoms with Crippen LogP contribution in [0.15, 0.2) is 12.2 Å². The summed E-state index contributed by atoms with van der Waals surface area (Å²) >= 11 is 0. The van der Waals surface area contributed by atoms with Crippen molar-refractivity contribution in [2.75, 3.05) is 19.7 Å². The van der Waals surface area contributed by atoms with Gasteiger partial charge in [-0.2, -0.15) is 0 Å². The van der Waals surface area contributed by atoms with Gasteiger partial charge in [0.2, 0.25) is 0 Å². The molecule has 1 fully saturated rings. The number of carboxylic acids is 1. The molecule has 0 aromatic heterocycles. The lowest BCUT2D eigenvalue weighted by molar-refractivity contribution is -0.138. The second-order valence-electron chi connectivity index (χ2n) is 4.36. The molecule has 110 valence electrons. The fraction of sp³-hybridized carbons (Fsp3) is 0.714. The number of carbonyl (C=O) groups is 2. The van der Waals surface area contributed by atoms with Gasteiger partial charge in [-0.05, 0) is 32.4 Å². The number of aliphatic carboxylic acids is 1. The first-order valence-electron chi connectivity index (χ1n) is 6.95. The Labute approximate surface area is 115 Å². The van der Waals surface area contributed by atoms with E-state index in [1.165, 1.54) is 25.9 Å². The van der Waals surface area contributed by atoms with Gasteiger partial charge in [0.1, 0.15) is 0 Å². The van der Waals surface area contributed by atoms with Crippen LogP contribution in [0.3, 0.4) is 0 Å². The first kappa shape index (κ1) is 17.6. The van der Waals surface area contributed by atoms with E-state index in [2.05, 4.69) is 12.2 Å². The first-order valence-corrected chi connectivity index (χ1v) is 6.95. The van der Waals surface area contributed by atoms with Gasteiger partial charge in [-0.3, -0.25) is 0 Å². The van der Waals surface area contributed by atoms with Crippen molar-refractivity contribution in [3.05, 3.63) is 12.2 Å². The van der Waals surface area contributed by atoms with Crippen LogP contribution in [0.1, 0.15) is 45.4 Å². The molecule has 0 unspecified atom stereocenters. The normalized spacial score (nSPS) is 13.9. The Morgan fingerprint density at radius 1 is 1.16 bits per heavy atom. The number of unbranched alkanes of at least 4 members (excludes halogenated alkanes) is 3. The maximum Gasteiger partial charge on any atom is 0.331 e. The number of carbonyl (C=O) groups excluding carboxylic acids is 1. The van der Waals surface area contributed by atoms with Gasteiger partial charge in [0, 0.05) is 12.2 Å². The topological polar surface area (TPSA) is 75.6 Å². The minimum atomic E-state index is -1.15. The average Bonchev–Trinajstić information content (AvgIpc) is 2.95. The lowest BCUT2D eigenvalue weighted by atomic mass is 10.2. The van der Waals surface area contributed by atoms with Crippen molar-refractivity contribution < 1.29 is 19.4 Å². The van der Waals surface area contributed by atoms with Gasteiger partial charge in [-0.1, -0.05) is 26.2 Å².